The molecule has 5 aliphatic rings. The van der Waals surface area contributed by atoms with Crippen molar-refractivity contribution in [3.05, 3.63) is 11.6 Å². The second kappa shape index (κ2) is 15.7. The highest BCUT2D eigenvalue weighted by Gasteiger charge is 2.62. The Kier molecular flexibility index (Phi) is 12.4. The lowest BCUT2D eigenvalue weighted by Crippen LogP contribution is -2.66. The molecular weight excluding hydrogens is 728 g/mol. The van der Waals surface area contributed by atoms with E-state index in [1.54, 1.807) is 0 Å². The summed E-state index contributed by atoms with van der Waals surface area (Å²) in [6.07, 6.45) is -1.68. The number of nitrogens with one attached hydrogen (secondary N) is 2. The maximum atomic E-state index is 12.5. The first-order valence-corrected chi connectivity index (χ1v) is 21.0. The number of amides is 2. The van der Waals surface area contributed by atoms with Crippen LogP contribution in [0.15, 0.2) is 11.6 Å². The van der Waals surface area contributed by atoms with Gasteiger partial charge in [-0.05, 0) is 91.8 Å². The Labute approximate surface area is 304 Å². The molecule has 1 saturated heterocycles. The first-order chi connectivity index (χ1) is 24.2. The summed E-state index contributed by atoms with van der Waals surface area (Å²) >= 11 is 0. The Hall–Kier alpha value is -1.94. The van der Waals surface area contributed by atoms with E-state index in [0.29, 0.717) is 19.3 Å². The summed E-state index contributed by atoms with van der Waals surface area (Å²) < 4.78 is 81.3. The zero-order valence-corrected chi connectivity index (χ0v) is 31.3. The Balaban J connectivity index is 1.43. The van der Waals surface area contributed by atoms with E-state index in [1.807, 2.05) is 6.08 Å². The van der Waals surface area contributed by atoms with Gasteiger partial charge in [-0.3, -0.25) is 13.9 Å². The summed E-state index contributed by atoms with van der Waals surface area (Å²) in [5, 5.41) is 45.7. The molecule has 5 rings (SSSR count). The van der Waals surface area contributed by atoms with Crippen molar-refractivity contribution in [1.29, 1.82) is 0 Å². The molecule has 52 heavy (non-hydrogen) atoms. The number of carbonyl (C=O) groups is 2. The van der Waals surface area contributed by atoms with Crippen LogP contribution in [0.4, 0.5) is 4.79 Å². The molecule has 3 saturated carbocycles. The van der Waals surface area contributed by atoms with Crippen molar-refractivity contribution in [2.75, 3.05) is 18.9 Å². The third-order valence-corrected chi connectivity index (χ3v) is 14.3. The van der Waals surface area contributed by atoms with E-state index >= 15 is 0 Å². The van der Waals surface area contributed by atoms with Crippen molar-refractivity contribution in [3.63, 3.8) is 0 Å². The zero-order valence-electron chi connectivity index (χ0n) is 29.7. The summed E-state index contributed by atoms with van der Waals surface area (Å²) in [6.45, 7) is 5.68. The van der Waals surface area contributed by atoms with E-state index in [4.69, 9.17) is 18.2 Å². The molecule has 0 aromatic heterocycles. The zero-order chi connectivity index (χ0) is 38.4. The van der Waals surface area contributed by atoms with E-state index in [-0.39, 0.29) is 65.7 Å². The van der Waals surface area contributed by atoms with Crippen molar-refractivity contribution in [2.45, 2.75) is 121 Å². The quantitative estimate of drug-likeness (QED) is 0.0964. The smallest absolute Gasteiger partial charge is 0.405 e. The van der Waals surface area contributed by atoms with Gasteiger partial charge in [-0.25, -0.2) is 8.98 Å². The highest BCUT2D eigenvalue weighted by molar-refractivity contribution is 7.85. The number of fused-ring (bicyclic) bond motifs is 5. The third-order valence-electron chi connectivity index (χ3n) is 13.1. The molecular formula is C33H54N2O15S2. The molecule has 8 N–H and O–H groups in total. The van der Waals surface area contributed by atoms with Gasteiger partial charge in [0.05, 0.1) is 24.6 Å². The average molecular weight is 783 g/mol. The van der Waals surface area contributed by atoms with Gasteiger partial charge in [0.15, 0.2) is 6.29 Å². The number of carbonyl (C=O) groups excluding carboxylic acids is 1. The van der Waals surface area contributed by atoms with Gasteiger partial charge in [0, 0.05) is 13.0 Å². The minimum Gasteiger partial charge on any atom is -0.465 e. The average Bonchev–Trinajstić information content (AvgIpc) is 3.39. The number of carboxylic acid groups (broad SMARTS) is 1. The van der Waals surface area contributed by atoms with Crippen LogP contribution in [0.3, 0.4) is 0 Å². The maximum absolute atomic E-state index is 12.5. The minimum absolute atomic E-state index is 0.0449. The van der Waals surface area contributed by atoms with Crippen LogP contribution in [0, 0.1) is 40.4 Å². The number of aliphatic hydroxyl groups excluding tert-OH is 3. The van der Waals surface area contributed by atoms with Crippen molar-refractivity contribution in [1.82, 2.24) is 10.6 Å². The van der Waals surface area contributed by atoms with E-state index < -0.39 is 81.8 Å². The Morgan fingerprint density at radius 2 is 1.75 bits per heavy atom. The van der Waals surface area contributed by atoms with Gasteiger partial charge in [0.25, 0.3) is 10.1 Å². The lowest BCUT2D eigenvalue weighted by atomic mass is 9.46. The van der Waals surface area contributed by atoms with Crippen LogP contribution in [-0.2, 0) is 39.0 Å². The largest absolute Gasteiger partial charge is 0.465 e. The Bertz CT molecular complexity index is 1580. The topological polar surface area (TPSA) is 276 Å². The fourth-order valence-corrected chi connectivity index (χ4v) is 11.4. The van der Waals surface area contributed by atoms with Crippen molar-refractivity contribution < 1.29 is 69.6 Å². The van der Waals surface area contributed by atoms with Gasteiger partial charge in [0.2, 0.25) is 5.91 Å². The first-order valence-electron chi connectivity index (χ1n) is 18.0. The summed E-state index contributed by atoms with van der Waals surface area (Å²) in [6, 6.07) is -1.41. The highest BCUT2D eigenvalue weighted by atomic mass is 32.3. The number of ether oxygens (including phenoxy) is 2. The normalized spacial score (nSPS) is 41.2. The lowest BCUT2D eigenvalue weighted by molar-refractivity contribution is -0.288. The summed E-state index contributed by atoms with van der Waals surface area (Å²) in [5.74, 6) is -0.488. The molecule has 298 valence electrons. The molecule has 0 spiro atoms. The molecule has 0 aromatic carbocycles. The lowest BCUT2D eigenvalue weighted by Gasteiger charge is -2.60. The van der Waals surface area contributed by atoms with Gasteiger partial charge in [-0.15, -0.1) is 0 Å². The van der Waals surface area contributed by atoms with Crippen LogP contribution in [0.25, 0.3) is 0 Å². The molecule has 0 radical (unpaired) electrons. The monoisotopic (exact) mass is 782 g/mol. The molecule has 0 unspecified atom stereocenters. The predicted molar refractivity (Wildman–Crippen MR) is 182 cm³/mol. The van der Waals surface area contributed by atoms with Gasteiger partial charge in [-0.2, -0.15) is 16.8 Å². The number of hydrogen-bond donors (Lipinski definition) is 8. The van der Waals surface area contributed by atoms with E-state index in [1.165, 1.54) is 0 Å². The van der Waals surface area contributed by atoms with Crippen molar-refractivity contribution in [2.24, 2.45) is 40.4 Å². The predicted octanol–water partition coefficient (Wildman–Crippen LogP) is 1.24. The number of hydrogen-bond acceptors (Lipinski definition) is 12. The molecule has 17 nitrogen and oxygen atoms in total. The van der Waals surface area contributed by atoms with Crippen LogP contribution in [0.1, 0.15) is 78.6 Å². The van der Waals surface area contributed by atoms with Gasteiger partial charge in [-0.1, -0.05) is 32.4 Å². The molecule has 0 bridgehead atoms. The SMILES string of the molecule is C[C@H](CCC(=O)NCCS(=O)(=O)O)[C@H]1CC[C@H]2[C@@H]3[C@@H](O[C@@H]4O[C@H](CO)[C@@H](O)[C@H](O)[C@H]4NC(=O)O)C=C4C[C@@H](OS(=O)(=O)O)CC[C@]4(C)[C@H]3CC[C@]12C. The van der Waals surface area contributed by atoms with E-state index in [0.717, 1.165) is 31.3 Å². The second-order valence-corrected chi connectivity index (χ2v) is 18.6. The van der Waals surface area contributed by atoms with Crippen LogP contribution < -0.4 is 10.6 Å². The van der Waals surface area contributed by atoms with Crippen LogP contribution in [0.5, 0.6) is 0 Å². The minimum atomic E-state index is -4.71. The van der Waals surface area contributed by atoms with Gasteiger partial charge in [0.1, 0.15) is 24.4 Å². The molecule has 14 atom stereocenters. The molecule has 0 aromatic rings. The van der Waals surface area contributed by atoms with Gasteiger partial charge >= 0.3 is 16.5 Å². The third kappa shape index (κ3) is 8.79. The molecule has 19 heteroatoms. The van der Waals surface area contributed by atoms with Crippen molar-refractivity contribution in [3.8, 4) is 0 Å². The summed E-state index contributed by atoms with van der Waals surface area (Å²) in [7, 11) is -8.90. The first kappa shape index (κ1) is 41.2. The summed E-state index contributed by atoms with van der Waals surface area (Å²) in [5.41, 5.74) is 0.319. The molecule has 4 aliphatic carbocycles. The van der Waals surface area contributed by atoms with E-state index in [9.17, 15) is 51.4 Å². The standard InChI is InChI=1S/C33H54N2O15S2/c1-17(4-7-25(37)34-12-13-51(42,43)44)20-5-6-21-26-22(9-11-33(20,21)3)32(2)10-8-19(50-52(45,46)47)14-18(32)15-23(26)48-30-27(35-31(40)41)29(39)28(38)24(16-36)49-30/h15,17,19-24,26-30,35-36,38-39H,4-14,16H2,1-3H3,(H,34,37)(H,40,41)(H,42,43,44)(H,45,46,47)/t17-,19+,20-,21+,22+,23+,24-,26+,27-,28-,29-,30-,32+,33-/m1/s1. The molecule has 2 amide bonds. The number of rotatable bonds is 13. The molecule has 1 heterocycles. The van der Waals surface area contributed by atoms with Crippen LogP contribution in [0.2, 0.25) is 0 Å². The highest BCUT2D eigenvalue weighted by Crippen LogP contribution is 2.68. The van der Waals surface area contributed by atoms with Crippen LogP contribution in [-0.4, -0.2) is 120 Å². The van der Waals surface area contributed by atoms with E-state index in [2.05, 4.69) is 31.4 Å². The van der Waals surface area contributed by atoms with Gasteiger partial charge < -0.3 is 40.5 Å². The second-order valence-electron chi connectivity index (χ2n) is 16.0. The maximum Gasteiger partial charge on any atom is 0.405 e. The molecule has 1 aliphatic heterocycles. The van der Waals surface area contributed by atoms with Crippen molar-refractivity contribution >= 4 is 32.5 Å². The fourth-order valence-electron chi connectivity index (χ4n) is 10.6. The Morgan fingerprint density at radius 1 is 1.04 bits per heavy atom. The summed E-state index contributed by atoms with van der Waals surface area (Å²) in [4.78, 5) is 24.3. The number of aliphatic hydroxyl groups is 3. The Morgan fingerprint density at radius 3 is 2.38 bits per heavy atom. The molecule has 4 fully saturated rings. The fraction of sp³-hybridized carbons (Fsp3) is 0.879. The van der Waals surface area contributed by atoms with Crippen LogP contribution >= 0.6 is 0 Å².